The average Bonchev–Trinajstić information content (AvgIpc) is 3.37. The number of rotatable bonds is 10. The van der Waals surface area contributed by atoms with Crippen LogP contribution in [0.15, 0.2) is 63.2 Å². The summed E-state index contributed by atoms with van der Waals surface area (Å²) in [4.78, 5) is 15.4. The lowest BCUT2D eigenvalue weighted by molar-refractivity contribution is 0.153. The number of nitrogens with one attached hydrogen (secondary N) is 1. The Kier molecular flexibility index (Phi) is 8.78. The fraction of sp³-hybridized carbons (Fsp3) is 0.400. The molecule has 1 aliphatic rings. The summed E-state index contributed by atoms with van der Waals surface area (Å²) in [7, 11) is -1.97. The number of aliphatic imine (C=N–C) groups is 1. The van der Waals surface area contributed by atoms with Gasteiger partial charge in [0.25, 0.3) is 0 Å². The van der Waals surface area contributed by atoms with Gasteiger partial charge in [-0.3, -0.25) is 9.29 Å². The summed E-state index contributed by atoms with van der Waals surface area (Å²) in [5, 5.41) is 7.28. The number of halogens is 1. The van der Waals surface area contributed by atoms with E-state index < -0.39 is 16.7 Å². The van der Waals surface area contributed by atoms with Crippen LogP contribution >= 0.6 is 11.3 Å². The summed E-state index contributed by atoms with van der Waals surface area (Å²) in [5.74, 6) is 0.754. The van der Waals surface area contributed by atoms with Crippen molar-refractivity contribution in [3.8, 4) is 0 Å². The molecule has 1 aromatic carbocycles. The molecule has 1 N–H and O–H groups in total. The largest absolute Gasteiger partial charge is 0.324 e. The van der Waals surface area contributed by atoms with E-state index in [4.69, 9.17) is 0 Å². The van der Waals surface area contributed by atoms with Gasteiger partial charge in [-0.2, -0.15) is 20.6 Å². The molecule has 0 amide bonds. The van der Waals surface area contributed by atoms with Crippen LogP contribution < -0.4 is 5.32 Å². The second kappa shape index (κ2) is 12.0. The summed E-state index contributed by atoms with van der Waals surface area (Å²) in [6.45, 7) is 3.82. The molecule has 1 fully saturated rings. The van der Waals surface area contributed by atoms with E-state index in [0.29, 0.717) is 29.7 Å². The monoisotopic (exact) mass is 530 g/mol. The number of thiophene rings is 1. The van der Waals surface area contributed by atoms with Crippen LogP contribution in [0.4, 0.5) is 21.8 Å². The van der Waals surface area contributed by atoms with Crippen LogP contribution in [0.2, 0.25) is 0 Å². The minimum absolute atomic E-state index is 0.0715. The molecule has 11 heteroatoms. The highest BCUT2D eigenvalue weighted by Gasteiger charge is 2.31. The molecule has 192 valence electrons. The number of anilines is 2. The van der Waals surface area contributed by atoms with Gasteiger partial charge in [0.15, 0.2) is 5.82 Å². The van der Waals surface area contributed by atoms with Crippen molar-refractivity contribution in [2.45, 2.75) is 43.7 Å². The van der Waals surface area contributed by atoms with E-state index in [-0.39, 0.29) is 17.4 Å². The van der Waals surface area contributed by atoms with Gasteiger partial charge in [0.1, 0.15) is 0 Å². The van der Waals surface area contributed by atoms with E-state index in [1.807, 2.05) is 0 Å². The van der Waals surface area contributed by atoms with Crippen LogP contribution in [-0.4, -0.2) is 66.2 Å². The maximum atomic E-state index is 13.3. The van der Waals surface area contributed by atoms with Crippen LogP contribution in [0.5, 0.6) is 0 Å². The first kappa shape index (κ1) is 26.3. The number of nitrogens with zero attached hydrogens (tertiary/aromatic N) is 5. The highest BCUT2D eigenvalue weighted by molar-refractivity contribution is 7.89. The number of aromatic nitrogens is 2. The zero-order valence-electron chi connectivity index (χ0n) is 20.5. The summed E-state index contributed by atoms with van der Waals surface area (Å²) >= 11 is 1.68. The van der Waals surface area contributed by atoms with Crippen molar-refractivity contribution in [2.24, 2.45) is 4.99 Å². The van der Waals surface area contributed by atoms with Gasteiger partial charge in [-0.1, -0.05) is 0 Å². The molecule has 0 spiro atoms. The number of hydrogen-bond donors (Lipinski definition) is 1. The zero-order valence-corrected chi connectivity index (χ0v) is 22.1. The molecule has 1 atom stereocenters. The van der Waals surface area contributed by atoms with Crippen LogP contribution in [0.1, 0.15) is 31.7 Å². The lowest BCUT2D eigenvalue weighted by Crippen LogP contribution is -2.48. The molecular weight excluding hydrogens is 499 g/mol. The summed E-state index contributed by atoms with van der Waals surface area (Å²) in [5.41, 5.74) is 2.57. The van der Waals surface area contributed by atoms with E-state index >= 15 is 0 Å². The lowest BCUT2D eigenvalue weighted by atomic mass is 10.1. The number of hydrogen-bond acceptors (Lipinski definition) is 8. The van der Waals surface area contributed by atoms with Gasteiger partial charge in [0.05, 0.1) is 11.6 Å². The van der Waals surface area contributed by atoms with E-state index in [1.54, 1.807) is 61.8 Å². The average molecular weight is 531 g/mol. The minimum atomic E-state index is -3.64. The van der Waals surface area contributed by atoms with Gasteiger partial charge >= 0.3 is 0 Å². The van der Waals surface area contributed by atoms with Crippen molar-refractivity contribution >= 4 is 44.5 Å². The van der Waals surface area contributed by atoms with E-state index in [9.17, 15) is 12.8 Å². The fourth-order valence-electron chi connectivity index (χ4n) is 4.17. The van der Waals surface area contributed by atoms with E-state index in [2.05, 4.69) is 42.0 Å². The molecule has 3 heterocycles. The number of alkyl halides is 1. The third kappa shape index (κ3) is 6.73. The third-order valence-electron chi connectivity index (χ3n) is 6.17. The number of sulfonamides is 1. The van der Waals surface area contributed by atoms with Crippen LogP contribution in [0, 0.1) is 0 Å². The summed E-state index contributed by atoms with van der Waals surface area (Å²) < 4.78 is 40.7. The first-order valence-corrected chi connectivity index (χ1v) is 14.2. The molecule has 36 heavy (non-hydrogen) atoms. The Morgan fingerprint density at radius 2 is 2.08 bits per heavy atom. The minimum Gasteiger partial charge on any atom is -0.324 e. The Hall–Kier alpha value is -2.73. The third-order valence-corrected chi connectivity index (χ3v) is 8.83. The van der Waals surface area contributed by atoms with Gasteiger partial charge in [-0.15, -0.1) is 0 Å². The van der Waals surface area contributed by atoms with E-state index in [1.165, 1.54) is 9.87 Å². The van der Waals surface area contributed by atoms with Crippen LogP contribution in [0.25, 0.3) is 0 Å². The maximum Gasteiger partial charge on any atom is 0.243 e. The fourth-order valence-corrected chi connectivity index (χ4v) is 6.21. The molecule has 2 aromatic heterocycles. The number of likely N-dealkylation sites (tertiary alicyclic amines) is 1. The standard InChI is InChI=1S/C25H31FN6O2S2/c1-19(9-12-26)28-24-10-13-27-25(30-24)29-21-5-7-23(8-6-21)36(33,34)31(2)22-4-3-14-32(17-22)16-20-11-15-35-18-20/h5-8,10-11,13,15,18,22H,3-4,9,12,14,16-17H2,1-2H3,(H,27,29,30). The van der Waals surface area contributed by atoms with Crippen LogP contribution in [-0.2, 0) is 16.6 Å². The Morgan fingerprint density at radius 1 is 1.28 bits per heavy atom. The lowest BCUT2D eigenvalue weighted by Gasteiger charge is -2.37. The summed E-state index contributed by atoms with van der Waals surface area (Å²) in [6.07, 6.45) is 3.63. The Morgan fingerprint density at radius 3 is 2.81 bits per heavy atom. The molecule has 0 bridgehead atoms. The molecule has 3 aromatic rings. The van der Waals surface area contributed by atoms with Crippen molar-refractivity contribution < 1.29 is 12.8 Å². The van der Waals surface area contributed by atoms with Gasteiger partial charge < -0.3 is 5.32 Å². The molecule has 1 unspecified atom stereocenters. The highest BCUT2D eigenvalue weighted by Crippen LogP contribution is 2.25. The van der Waals surface area contributed by atoms with Crippen molar-refractivity contribution in [2.75, 3.05) is 32.1 Å². The van der Waals surface area contributed by atoms with Crippen molar-refractivity contribution in [3.05, 3.63) is 58.9 Å². The van der Waals surface area contributed by atoms with Gasteiger partial charge in [0.2, 0.25) is 16.0 Å². The Labute approximate surface area is 216 Å². The smallest absolute Gasteiger partial charge is 0.243 e. The first-order valence-electron chi connectivity index (χ1n) is 11.9. The number of likely N-dealkylation sites (N-methyl/N-ethyl adjacent to an activating group) is 1. The first-order chi connectivity index (χ1) is 17.3. The number of piperidine rings is 1. The predicted molar refractivity (Wildman–Crippen MR) is 143 cm³/mol. The molecule has 0 aliphatic carbocycles. The summed E-state index contributed by atoms with van der Waals surface area (Å²) in [6, 6.07) is 10.3. The van der Waals surface area contributed by atoms with Crippen LogP contribution in [0.3, 0.4) is 0 Å². The topological polar surface area (TPSA) is 90.8 Å². The quantitative estimate of drug-likeness (QED) is 0.370. The predicted octanol–water partition coefficient (Wildman–Crippen LogP) is 5.02. The molecular formula is C25H31FN6O2S2. The van der Waals surface area contributed by atoms with Crippen molar-refractivity contribution in [3.63, 3.8) is 0 Å². The highest BCUT2D eigenvalue weighted by atomic mass is 32.2. The maximum absolute atomic E-state index is 13.3. The van der Waals surface area contributed by atoms with Gasteiger partial charge in [0, 0.05) is 56.3 Å². The second-order valence-corrected chi connectivity index (χ2v) is 11.6. The second-order valence-electron chi connectivity index (χ2n) is 8.86. The normalized spacial score (nSPS) is 17.4. The Balaban J connectivity index is 1.41. The van der Waals surface area contributed by atoms with Crippen molar-refractivity contribution in [1.29, 1.82) is 0 Å². The molecule has 4 rings (SSSR count). The van der Waals surface area contributed by atoms with E-state index in [0.717, 1.165) is 25.9 Å². The van der Waals surface area contributed by atoms with Gasteiger partial charge in [-0.25, -0.2) is 18.4 Å². The van der Waals surface area contributed by atoms with Gasteiger partial charge in [-0.05, 0) is 73.0 Å². The molecule has 8 nitrogen and oxygen atoms in total. The molecule has 0 saturated carbocycles. The number of benzene rings is 1. The SMILES string of the molecule is CC(CCF)=Nc1ccnc(Nc2ccc(S(=O)(=O)N(C)C3CCCN(Cc4ccsc4)C3)cc2)n1. The molecule has 0 radical (unpaired) electrons. The Bertz CT molecular complexity index is 1270. The molecule has 1 aliphatic heterocycles. The molecule has 1 saturated heterocycles. The van der Waals surface area contributed by atoms with Crippen molar-refractivity contribution in [1.82, 2.24) is 19.2 Å². The zero-order chi connectivity index (χ0) is 25.5.